The minimum absolute atomic E-state index is 0.0983. The maximum absolute atomic E-state index is 12.2. The first-order chi connectivity index (χ1) is 9.43. The number of rotatable bonds is 3. The molecule has 1 unspecified atom stereocenters. The maximum Gasteiger partial charge on any atom is 0.255 e. The second-order valence-corrected chi connectivity index (χ2v) is 5.06. The van der Waals surface area contributed by atoms with E-state index in [1.54, 1.807) is 11.9 Å². The molecule has 20 heavy (non-hydrogen) atoms. The normalized spacial score (nSPS) is 18.2. The van der Waals surface area contributed by atoms with Crippen LogP contribution in [0.3, 0.4) is 0 Å². The molecule has 0 aliphatic carbocycles. The topological polar surface area (TPSA) is 84.7 Å². The zero-order chi connectivity index (χ0) is 14.9. The number of nitrogens with two attached hydrogens (primary N) is 1. The van der Waals surface area contributed by atoms with Crippen LogP contribution < -0.4 is 15.8 Å². The van der Waals surface area contributed by atoms with Crippen LogP contribution in [0.2, 0.25) is 5.02 Å². The van der Waals surface area contributed by atoms with Crippen molar-refractivity contribution in [2.45, 2.75) is 12.5 Å². The molecule has 1 aromatic carbocycles. The highest BCUT2D eigenvalue weighted by atomic mass is 35.5. The third-order valence-corrected chi connectivity index (χ3v) is 3.62. The smallest absolute Gasteiger partial charge is 0.255 e. The molecular weight excluding hydrogens is 282 g/mol. The molecule has 0 spiro atoms. The van der Waals surface area contributed by atoms with Gasteiger partial charge in [-0.25, -0.2) is 0 Å². The Morgan fingerprint density at radius 1 is 1.55 bits per heavy atom. The van der Waals surface area contributed by atoms with Crippen LogP contribution in [0.15, 0.2) is 12.1 Å². The second kappa shape index (κ2) is 5.58. The van der Waals surface area contributed by atoms with Gasteiger partial charge in [0.05, 0.1) is 23.4 Å². The molecule has 1 fully saturated rings. The number of nitrogens with one attached hydrogen (secondary N) is 1. The SMILES string of the molecule is COc1cc(N)c(Cl)cc1C(=O)NC1CCN(C)C1=O. The van der Waals surface area contributed by atoms with Crippen LogP contribution in [-0.4, -0.2) is 43.5 Å². The van der Waals surface area contributed by atoms with E-state index in [1.165, 1.54) is 19.2 Å². The number of nitrogen functional groups attached to an aromatic ring is 1. The van der Waals surface area contributed by atoms with Crippen LogP contribution in [-0.2, 0) is 4.79 Å². The predicted molar refractivity (Wildman–Crippen MR) is 75.9 cm³/mol. The summed E-state index contributed by atoms with van der Waals surface area (Å²) >= 11 is 5.92. The minimum atomic E-state index is -0.506. The Morgan fingerprint density at radius 3 is 2.80 bits per heavy atom. The van der Waals surface area contributed by atoms with Gasteiger partial charge in [0.25, 0.3) is 5.91 Å². The van der Waals surface area contributed by atoms with Crippen molar-refractivity contribution >= 4 is 29.1 Å². The molecule has 3 N–H and O–H groups in total. The number of ether oxygens (including phenoxy) is 1. The number of anilines is 1. The highest BCUT2D eigenvalue weighted by Gasteiger charge is 2.31. The van der Waals surface area contributed by atoms with Crippen molar-refractivity contribution < 1.29 is 14.3 Å². The number of hydrogen-bond acceptors (Lipinski definition) is 4. The van der Waals surface area contributed by atoms with Gasteiger partial charge in [0.2, 0.25) is 5.91 Å². The quantitative estimate of drug-likeness (QED) is 0.812. The van der Waals surface area contributed by atoms with Crippen molar-refractivity contribution in [1.82, 2.24) is 10.2 Å². The Hall–Kier alpha value is -1.95. The standard InChI is InChI=1S/C13H16ClN3O3/c1-17-4-3-10(13(17)19)16-12(18)7-5-8(14)9(15)6-11(7)20-2/h5-6,10H,3-4,15H2,1-2H3,(H,16,18). The fraction of sp³-hybridized carbons (Fsp3) is 0.385. The first-order valence-corrected chi connectivity index (χ1v) is 6.50. The molecule has 1 aromatic rings. The van der Waals surface area contributed by atoms with E-state index in [9.17, 15) is 9.59 Å². The van der Waals surface area contributed by atoms with E-state index >= 15 is 0 Å². The summed E-state index contributed by atoms with van der Waals surface area (Å²) in [5, 5.41) is 2.96. The second-order valence-electron chi connectivity index (χ2n) is 4.65. The van der Waals surface area contributed by atoms with Crippen molar-refractivity contribution in [2.75, 3.05) is 26.4 Å². The van der Waals surface area contributed by atoms with E-state index in [0.29, 0.717) is 24.4 Å². The molecule has 1 aliphatic heterocycles. The third kappa shape index (κ3) is 2.65. The van der Waals surface area contributed by atoms with Gasteiger partial charge in [0.15, 0.2) is 0 Å². The van der Waals surface area contributed by atoms with E-state index in [4.69, 9.17) is 22.1 Å². The van der Waals surface area contributed by atoms with Crippen molar-refractivity contribution in [3.05, 3.63) is 22.7 Å². The number of likely N-dealkylation sites (N-methyl/N-ethyl adjacent to an activating group) is 1. The van der Waals surface area contributed by atoms with Crippen molar-refractivity contribution in [3.63, 3.8) is 0 Å². The Kier molecular flexibility index (Phi) is 4.04. The van der Waals surface area contributed by atoms with Crippen LogP contribution in [0.5, 0.6) is 5.75 Å². The molecule has 2 rings (SSSR count). The third-order valence-electron chi connectivity index (χ3n) is 3.30. The maximum atomic E-state index is 12.2. The van der Waals surface area contributed by atoms with Gasteiger partial charge >= 0.3 is 0 Å². The van der Waals surface area contributed by atoms with Gasteiger partial charge in [-0.2, -0.15) is 0 Å². The van der Waals surface area contributed by atoms with Gasteiger partial charge in [-0.05, 0) is 12.5 Å². The average molecular weight is 298 g/mol. The van der Waals surface area contributed by atoms with Gasteiger partial charge in [0, 0.05) is 19.7 Å². The van der Waals surface area contributed by atoms with E-state index in [1.807, 2.05) is 0 Å². The minimum Gasteiger partial charge on any atom is -0.496 e. The predicted octanol–water partition coefficient (Wildman–Crippen LogP) is 0.891. The molecule has 1 aliphatic rings. The summed E-state index contributed by atoms with van der Waals surface area (Å²) < 4.78 is 5.12. The molecule has 7 heteroatoms. The van der Waals surface area contributed by atoms with Gasteiger partial charge in [-0.3, -0.25) is 9.59 Å². The number of benzene rings is 1. The number of hydrogen-bond donors (Lipinski definition) is 2. The van der Waals surface area contributed by atoms with Gasteiger partial charge in [0.1, 0.15) is 11.8 Å². The summed E-state index contributed by atoms with van der Waals surface area (Å²) in [5.74, 6) is -0.181. The van der Waals surface area contributed by atoms with Crippen LogP contribution in [0.1, 0.15) is 16.8 Å². The van der Waals surface area contributed by atoms with E-state index < -0.39 is 11.9 Å². The number of carbonyl (C=O) groups is 2. The summed E-state index contributed by atoms with van der Waals surface area (Å²) in [5.41, 5.74) is 6.25. The fourth-order valence-corrected chi connectivity index (χ4v) is 2.27. The molecule has 1 heterocycles. The number of halogens is 1. The summed E-state index contributed by atoms with van der Waals surface area (Å²) in [4.78, 5) is 25.6. The zero-order valence-corrected chi connectivity index (χ0v) is 12.0. The lowest BCUT2D eigenvalue weighted by atomic mass is 10.1. The van der Waals surface area contributed by atoms with Crippen molar-refractivity contribution in [2.24, 2.45) is 0 Å². The number of likely N-dealkylation sites (tertiary alicyclic amines) is 1. The molecule has 1 saturated heterocycles. The van der Waals surface area contributed by atoms with E-state index in [-0.39, 0.29) is 16.5 Å². The monoisotopic (exact) mass is 297 g/mol. The molecule has 0 bridgehead atoms. The largest absolute Gasteiger partial charge is 0.496 e. The van der Waals surface area contributed by atoms with Crippen LogP contribution >= 0.6 is 11.6 Å². The van der Waals surface area contributed by atoms with Gasteiger partial charge in [-0.1, -0.05) is 11.6 Å². The molecular formula is C13H16ClN3O3. The molecule has 6 nitrogen and oxygen atoms in total. The lowest BCUT2D eigenvalue weighted by Gasteiger charge is -2.14. The molecule has 0 radical (unpaired) electrons. The highest BCUT2D eigenvalue weighted by molar-refractivity contribution is 6.33. The molecule has 2 amide bonds. The Morgan fingerprint density at radius 2 is 2.25 bits per heavy atom. The number of amides is 2. The molecule has 0 saturated carbocycles. The van der Waals surface area contributed by atoms with Crippen molar-refractivity contribution in [1.29, 1.82) is 0 Å². The van der Waals surface area contributed by atoms with E-state index in [2.05, 4.69) is 5.32 Å². The average Bonchev–Trinajstić information content (AvgIpc) is 2.73. The summed E-state index contributed by atoms with van der Waals surface area (Å²) in [6.45, 7) is 0.628. The first kappa shape index (κ1) is 14.5. The number of carbonyl (C=O) groups excluding carboxylic acids is 2. The molecule has 1 atom stereocenters. The summed E-state index contributed by atoms with van der Waals surface area (Å²) in [6, 6.07) is 2.42. The van der Waals surface area contributed by atoms with E-state index in [0.717, 1.165) is 0 Å². The summed E-state index contributed by atoms with van der Waals surface area (Å²) in [7, 11) is 3.14. The van der Waals surface area contributed by atoms with Crippen LogP contribution in [0.4, 0.5) is 5.69 Å². The highest BCUT2D eigenvalue weighted by Crippen LogP contribution is 2.29. The first-order valence-electron chi connectivity index (χ1n) is 6.13. The van der Waals surface area contributed by atoms with Crippen LogP contribution in [0, 0.1) is 0 Å². The number of nitrogens with zero attached hydrogens (tertiary/aromatic N) is 1. The Labute approximate surface area is 121 Å². The molecule has 108 valence electrons. The lowest BCUT2D eigenvalue weighted by Crippen LogP contribution is -2.40. The Bertz CT molecular complexity index is 562. The summed E-state index contributed by atoms with van der Waals surface area (Å²) in [6.07, 6.45) is 0.589. The van der Waals surface area contributed by atoms with Gasteiger partial charge < -0.3 is 20.7 Å². The van der Waals surface area contributed by atoms with Crippen LogP contribution in [0.25, 0.3) is 0 Å². The van der Waals surface area contributed by atoms with Gasteiger partial charge in [-0.15, -0.1) is 0 Å². The lowest BCUT2D eigenvalue weighted by molar-refractivity contribution is -0.128. The van der Waals surface area contributed by atoms with Crippen molar-refractivity contribution in [3.8, 4) is 5.75 Å². The molecule has 0 aromatic heterocycles. The fourth-order valence-electron chi connectivity index (χ4n) is 2.11. The zero-order valence-electron chi connectivity index (χ0n) is 11.3. The Balaban J connectivity index is 2.21. The number of methoxy groups -OCH3 is 1.